The molecule has 0 aromatic heterocycles. The summed E-state index contributed by atoms with van der Waals surface area (Å²) in [6.45, 7) is 3.91. The first kappa shape index (κ1) is 19.5. The van der Waals surface area contributed by atoms with Gasteiger partial charge in [-0.3, -0.25) is 14.6 Å². The maximum atomic E-state index is 13.4. The van der Waals surface area contributed by atoms with Gasteiger partial charge < -0.3 is 5.11 Å². The van der Waals surface area contributed by atoms with Crippen molar-refractivity contribution < 1.29 is 14.7 Å². The summed E-state index contributed by atoms with van der Waals surface area (Å²) < 4.78 is 0. The SMILES string of the molecule is Cc1ccc(N2C(=O)c3ccccc3[C@@H](C=NC3CCC(O)CC3)C2=O)c(C)c1. The van der Waals surface area contributed by atoms with Crippen LogP contribution in [0.2, 0.25) is 0 Å². The number of aryl methyl sites for hydroxylation is 2. The Morgan fingerprint density at radius 2 is 1.76 bits per heavy atom. The predicted molar refractivity (Wildman–Crippen MR) is 114 cm³/mol. The number of aliphatic imine (C=N–C) groups is 1. The molecule has 2 aliphatic rings. The largest absolute Gasteiger partial charge is 0.393 e. The Morgan fingerprint density at radius 3 is 2.48 bits per heavy atom. The number of imide groups is 1. The summed E-state index contributed by atoms with van der Waals surface area (Å²) >= 11 is 0. The van der Waals surface area contributed by atoms with Gasteiger partial charge in [0.05, 0.1) is 17.7 Å². The third-order valence-electron chi connectivity index (χ3n) is 5.92. The Labute approximate surface area is 171 Å². The monoisotopic (exact) mass is 390 g/mol. The first-order valence-corrected chi connectivity index (χ1v) is 10.2. The van der Waals surface area contributed by atoms with Crippen LogP contribution in [-0.4, -0.2) is 35.3 Å². The van der Waals surface area contributed by atoms with Crippen molar-refractivity contribution in [2.45, 2.75) is 57.6 Å². The molecule has 1 aliphatic carbocycles. The molecule has 0 radical (unpaired) electrons. The Balaban J connectivity index is 1.71. The lowest BCUT2D eigenvalue weighted by atomic mass is 9.88. The molecular weight excluding hydrogens is 364 g/mol. The fourth-order valence-electron chi connectivity index (χ4n) is 4.30. The van der Waals surface area contributed by atoms with Gasteiger partial charge in [-0.25, -0.2) is 4.90 Å². The summed E-state index contributed by atoms with van der Waals surface area (Å²) in [5.74, 6) is -1.14. The third-order valence-corrected chi connectivity index (χ3v) is 5.92. The minimum Gasteiger partial charge on any atom is -0.393 e. The summed E-state index contributed by atoms with van der Waals surface area (Å²) in [4.78, 5) is 32.6. The van der Waals surface area contributed by atoms with Crippen LogP contribution in [0.4, 0.5) is 5.69 Å². The van der Waals surface area contributed by atoms with Gasteiger partial charge in [0.1, 0.15) is 0 Å². The molecular formula is C24H26N2O3. The molecule has 2 amide bonds. The van der Waals surface area contributed by atoms with E-state index in [1.54, 1.807) is 12.3 Å². The molecule has 1 heterocycles. The maximum absolute atomic E-state index is 13.4. The number of anilines is 1. The lowest BCUT2D eigenvalue weighted by Gasteiger charge is -2.32. The predicted octanol–water partition coefficient (Wildman–Crippen LogP) is 3.95. The number of carbonyl (C=O) groups excluding carboxylic acids is 2. The van der Waals surface area contributed by atoms with Crippen molar-refractivity contribution in [1.29, 1.82) is 0 Å². The van der Waals surface area contributed by atoms with Crippen LogP contribution >= 0.6 is 0 Å². The van der Waals surface area contributed by atoms with Crippen LogP contribution in [0.3, 0.4) is 0 Å². The third kappa shape index (κ3) is 3.75. The lowest BCUT2D eigenvalue weighted by molar-refractivity contribution is -0.118. The van der Waals surface area contributed by atoms with Crippen molar-refractivity contribution in [3.8, 4) is 0 Å². The van der Waals surface area contributed by atoms with Gasteiger partial charge in [0.25, 0.3) is 5.91 Å². The van der Waals surface area contributed by atoms with Crippen molar-refractivity contribution >= 4 is 23.7 Å². The van der Waals surface area contributed by atoms with E-state index in [2.05, 4.69) is 4.99 Å². The molecule has 4 rings (SSSR count). The van der Waals surface area contributed by atoms with Crippen molar-refractivity contribution in [1.82, 2.24) is 0 Å². The summed E-state index contributed by atoms with van der Waals surface area (Å²) in [6.07, 6.45) is 4.59. The van der Waals surface area contributed by atoms with E-state index in [-0.39, 0.29) is 24.0 Å². The van der Waals surface area contributed by atoms with Crippen molar-refractivity contribution in [3.63, 3.8) is 0 Å². The van der Waals surface area contributed by atoms with E-state index in [0.29, 0.717) is 16.8 Å². The van der Waals surface area contributed by atoms with Crippen LogP contribution in [0.15, 0.2) is 47.5 Å². The number of carbonyl (C=O) groups is 2. The first-order valence-electron chi connectivity index (χ1n) is 10.2. The van der Waals surface area contributed by atoms with Gasteiger partial charge in [0, 0.05) is 17.8 Å². The van der Waals surface area contributed by atoms with E-state index in [4.69, 9.17) is 0 Å². The van der Waals surface area contributed by atoms with E-state index in [1.165, 1.54) is 4.90 Å². The van der Waals surface area contributed by atoms with E-state index in [0.717, 1.165) is 36.8 Å². The summed E-state index contributed by atoms with van der Waals surface area (Å²) in [5.41, 5.74) is 3.86. The topological polar surface area (TPSA) is 70.0 Å². The molecule has 1 fully saturated rings. The number of hydrogen-bond acceptors (Lipinski definition) is 4. The molecule has 5 heteroatoms. The molecule has 150 valence electrons. The number of benzene rings is 2. The normalized spacial score (nSPS) is 24.8. The Morgan fingerprint density at radius 1 is 1.03 bits per heavy atom. The van der Waals surface area contributed by atoms with Crippen LogP contribution in [-0.2, 0) is 4.79 Å². The average Bonchev–Trinajstić information content (AvgIpc) is 2.71. The van der Waals surface area contributed by atoms with Crippen LogP contribution in [0.1, 0.15) is 58.6 Å². The van der Waals surface area contributed by atoms with Crippen LogP contribution in [0.25, 0.3) is 0 Å². The molecule has 1 aliphatic heterocycles. The van der Waals surface area contributed by atoms with E-state index in [1.807, 2.05) is 50.2 Å². The second kappa shape index (κ2) is 7.91. The summed E-state index contributed by atoms with van der Waals surface area (Å²) in [7, 11) is 0. The number of amides is 2. The lowest BCUT2D eigenvalue weighted by Crippen LogP contribution is -2.46. The fraction of sp³-hybridized carbons (Fsp3) is 0.375. The second-order valence-electron chi connectivity index (χ2n) is 8.09. The zero-order valence-electron chi connectivity index (χ0n) is 16.8. The number of aliphatic hydroxyl groups is 1. The molecule has 0 bridgehead atoms. The maximum Gasteiger partial charge on any atom is 0.265 e. The minimum absolute atomic E-state index is 0.116. The van der Waals surface area contributed by atoms with E-state index < -0.39 is 5.92 Å². The minimum atomic E-state index is -0.587. The molecule has 1 saturated carbocycles. The smallest absolute Gasteiger partial charge is 0.265 e. The molecule has 29 heavy (non-hydrogen) atoms. The van der Waals surface area contributed by atoms with Gasteiger partial charge in [-0.2, -0.15) is 0 Å². The van der Waals surface area contributed by atoms with Crippen molar-refractivity contribution in [3.05, 3.63) is 64.7 Å². The fourth-order valence-corrected chi connectivity index (χ4v) is 4.30. The van der Waals surface area contributed by atoms with Gasteiger partial charge in [-0.1, -0.05) is 35.9 Å². The molecule has 2 aromatic carbocycles. The van der Waals surface area contributed by atoms with Gasteiger partial charge in [0.15, 0.2) is 0 Å². The Hall–Kier alpha value is -2.79. The molecule has 0 unspecified atom stereocenters. The Bertz CT molecular complexity index is 974. The van der Waals surface area contributed by atoms with Gasteiger partial charge in [-0.05, 0) is 62.8 Å². The molecule has 0 spiro atoms. The highest BCUT2D eigenvalue weighted by Gasteiger charge is 2.39. The van der Waals surface area contributed by atoms with Gasteiger partial charge in [-0.15, -0.1) is 0 Å². The number of nitrogens with zero attached hydrogens (tertiary/aromatic N) is 2. The highest BCUT2D eigenvalue weighted by atomic mass is 16.3. The summed E-state index contributed by atoms with van der Waals surface area (Å²) in [5, 5.41) is 9.70. The van der Waals surface area contributed by atoms with E-state index >= 15 is 0 Å². The van der Waals surface area contributed by atoms with Crippen LogP contribution in [0.5, 0.6) is 0 Å². The van der Waals surface area contributed by atoms with Crippen LogP contribution < -0.4 is 4.90 Å². The van der Waals surface area contributed by atoms with Crippen LogP contribution in [0, 0.1) is 13.8 Å². The quantitative estimate of drug-likeness (QED) is 0.637. The van der Waals surface area contributed by atoms with Crippen molar-refractivity contribution in [2.24, 2.45) is 4.99 Å². The standard InChI is InChI=1S/C24H26N2O3/c1-15-7-12-22(16(2)13-15)26-23(28)20-6-4-3-5-19(20)21(24(26)29)14-25-17-8-10-18(27)11-9-17/h3-7,12-14,17-18,21,27H,8-11H2,1-2H3/t17?,18?,21-/m1/s1. The zero-order chi connectivity index (χ0) is 20.5. The number of rotatable bonds is 3. The first-order chi connectivity index (χ1) is 14.0. The highest BCUT2D eigenvalue weighted by Crippen LogP contribution is 2.34. The van der Waals surface area contributed by atoms with Crippen molar-refractivity contribution in [2.75, 3.05) is 4.90 Å². The molecule has 5 nitrogen and oxygen atoms in total. The zero-order valence-corrected chi connectivity index (χ0v) is 16.8. The second-order valence-corrected chi connectivity index (χ2v) is 8.09. The average molecular weight is 390 g/mol. The molecule has 1 N–H and O–H groups in total. The summed E-state index contributed by atoms with van der Waals surface area (Å²) in [6, 6.07) is 13.1. The van der Waals surface area contributed by atoms with Gasteiger partial charge >= 0.3 is 0 Å². The van der Waals surface area contributed by atoms with E-state index in [9.17, 15) is 14.7 Å². The highest BCUT2D eigenvalue weighted by molar-refractivity contribution is 6.29. The number of fused-ring (bicyclic) bond motifs is 1. The number of aliphatic hydroxyl groups excluding tert-OH is 1. The number of hydrogen-bond donors (Lipinski definition) is 1. The molecule has 2 aromatic rings. The Kier molecular flexibility index (Phi) is 5.33. The molecule has 0 saturated heterocycles. The molecule has 1 atom stereocenters. The van der Waals surface area contributed by atoms with Gasteiger partial charge in [0.2, 0.25) is 5.91 Å².